The number of carboxylic acid groups (broad SMARTS) is 1. The number of hydrogen-bond acceptors (Lipinski definition) is 4. The molecule has 1 aromatic rings. The molecule has 0 saturated carbocycles. The van der Waals surface area contributed by atoms with E-state index in [2.05, 4.69) is 5.10 Å². The highest BCUT2D eigenvalue weighted by molar-refractivity contribution is 6.18. The summed E-state index contributed by atoms with van der Waals surface area (Å²) in [6.07, 6.45) is 0.422. The minimum atomic E-state index is -1.16. The van der Waals surface area contributed by atoms with Crippen LogP contribution in [0.15, 0.2) is 12.4 Å². The van der Waals surface area contributed by atoms with Crippen LogP contribution in [0.2, 0.25) is 0 Å². The maximum Gasteiger partial charge on any atom is 0.328 e. The summed E-state index contributed by atoms with van der Waals surface area (Å²) in [6.45, 7) is 1.46. The van der Waals surface area contributed by atoms with Gasteiger partial charge in [-0.1, -0.05) is 0 Å². The molecule has 0 fully saturated rings. The fraction of sp³-hybridized carbons (Fsp3) is 0.556. The van der Waals surface area contributed by atoms with E-state index in [1.54, 1.807) is 0 Å². The maximum atomic E-state index is 10.7. The van der Waals surface area contributed by atoms with E-state index in [0.29, 0.717) is 5.56 Å². The summed E-state index contributed by atoms with van der Waals surface area (Å²) in [5.41, 5.74) is 0.334. The molecule has 1 aromatic heterocycles. The topological polar surface area (TPSA) is 95.6 Å². The minimum absolute atomic E-state index is 0.110. The van der Waals surface area contributed by atoms with Gasteiger partial charge in [0.25, 0.3) is 0 Å². The van der Waals surface area contributed by atoms with Crippen molar-refractivity contribution < 1.29 is 20.1 Å². The molecule has 3 N–H and O–H groups in total. The summed E-state index contributed by atoms with van der Waals surface area (Å²) < 4.78 is 1.20. The first-order valence-electron chi connectivity index (χ1n) is 4.66. The van der Waals surface area contributed by atoms with Gasteiger partial charge in [0, 0.05) is 11.8 Å². The summed E-state index contributed by atoms with van der Waals surface area (Å²) in [5.74, 6) is -1.14. The molecule has 0 aliphatic rings. The molecular formula is C9H13ClN2O4. The zero-order chi connectivity index (χ0) is 12.3. The molecule has 0 saturated heterocycles. The average molecular weight is 249 g/mol. The number of aliphatic hydroxyl groups is 2. The maximum absolute atomic E-state index is 10.7. The molecule has 0 aliphatic heterocycles. The summed E-state index contributed by atoms with van der Waals surface area (Å²) >= 11 is 5.39. The molecule has 0 spiro atoms. The Labute approximate surface area is 97.1 Å². The summed E-state index contributed by atoms with van der Waals surface area (Å²) in [7, 11) is 0. The third-order valence-corrected chi connectivity index (χ3v) is 2.56. The predicted molar refractivity (Wildman–Crippen MR) is 56.3 cm³/mol. The van der Waals surface area contributed by atoms with Crippen LogP contribution in [0.25, 0.3) is 0 Å². The molecule has 6 nitrogen and oxygen atoms in total. The van der Waals surface area contributed by atoms with Gasteiger partial charge in [-0.3, -0.25) is 4.68 Å². The van der Waals surface area contributed by atoms with E-state index in [9.17, 15) is 15.0 Å². The van der Waals surface area contributed by atoms with Crippen LogP contribution >= 0.6 is 11.6 Å². The Bertz CT molecular complexity index is 368. The van der Waals surface area contributed by atoms with Crippen molar-refractivity contribution in [1.82, 2.24) is 9.78 Å². The lowest BCUT2D eigenvalue weighted by atomic mass is 10.1. The molecule has 0 radical (unpaired) electrons. The summed E-state index contributed by atoms with van der Waals surface area (Å²) in [6, 6.07) is -0.825. The molecule has 1 rings (SSSR count). The Kier molecular flexibility index (Phi) is 4.28. The smallest absolute Gasteiger partial charge is 0.328 e. The van der Waals surface area contributed by atoms with E-state index in [4.69, 9.17) is 16.7 Å². The number of aliphatic hydroxyl groups excluding tert-OH is 2. The second kappa shape index (κ2) is 5.29. The summed E-state index contributed by atoms with van der Waals surface area (Å²) in [5, 5.41) is 31.4. The molecule has 0 bridgehead atoms. The SMILES string of the molecule is C[C@@H](C(=O)O)n1cc(C(O)C(O)CCl)cn1. The lowest BCUT2D eigenvalue weighted by molar-refractivity contribution is -0.140. The summed E-state index contributed by atoms with van der Waals surface area (Å²) in [4.78, 5) is 10.7. The highest BCUT2D eigenvalue weighted by Crippen LogP contribution is 2.18. The van der Waals surface area contributed by atoms with Gasteiger partial charge in [0.2, 0.25) is 0 Å². The van der Waals surface area contributed by atoms with Crippen LogP contribution in [-0.4, -0.2) is 43.1 Å². The normalized spacial score (nSPS) is 16.8. The Hall–Kier alpha value is -1.11. The third-order valence-electron chi connectivity index (χ3n) is 2.24. The van der Waals surface area contributed by atoms with Gasteiger partial charge in [0.05, 0.1) is 18.2 Å². The quantitative estimate of drug-likeness (QED) is 0.645. The number of alkyl halides is 1. The van der Waals surface area contributed by atoms with Gasteiger partial charge < -0.3 is 15.3 Å². The number of aromatic nitrogens is 2. The number of rotatable bonds is 5. The number of halogens is 1. The van der Waals surface area contributed by atoms with Crippen molar-refractivity contribution in [2.24, 2.45) is 0 Å². The van der Waals surface area contributed by atoms with Crippen molar-refractivity contribution in [1.29, 1.82) is 0 Å². The monoisotopic (exact) mass is 248 g/mol. The van der Waals surface area contributed by atoms with Gasteiger partial charge in [-0.2, -0.15) is 5.10 Å². The van der Waals surface area contributed by atoms with Crippen LogP contribution in [0.3, 0.4) is 0 Å². The van der Waals surface area contributed by atoms with Crippen LogP contribution in [0.1, 0.15) is 24.6 Å². The second-order valence-electron chi connectivity index (χ2n) is 3.43. The molecule has 0 aliphatic carbocycles. The van der Waals surface area contributed by atoms with E-state index in [0.717, 1.165) is 0 Å². The zero-order valence-corrected chi connectivity index (χ0v) is 9.37. The van der Waals surface area contributed by atoms with Gasteiger partial charge in [0.1, 0.15) is 12.1 Å². The fourth-order valence-electron chi connectivity index (χ4n) is 1.14. The standard InChI is InChI=1S/C9H13ClN2O4/c1-5(9(15)16)12-4-6(3-11-12)8(14)7(13)2-10/h3-5,7-8,13-14H,2H2,1H3,(H,15,16)/t5-,7?,8?/m0/s1. The molecule has 0 aromatic carbocycles. The van der Waals surface area contributed by atoms with Gasteiger partial charge in [0.15, 0.2) is 0 Å². The van der Waals surface area contributed by atoms with Gasteiger partial charge in [-0.25, -0.2) is 4.79 Å². The molecule has 0 amide bonds. The van der Waals surface area contributed by atoms with Crippen molar-refractivity contribution in [3.05, 3.63) is 18.0 Å². The van der Waals surface area contributed by atoms with Crippen LogP contribution < -0.4 is 0 Å². The van der Waals surface area contributed by atoms with Crippen LogP contribution in [0, 0.1) is 0 Å². The average Bonchev–Trinajstić information content (AvgIpc) is 2.74. The molecule has 16 heavy (non-hydrogen) atoms. The van der Waals surface area contributed by atoms with E-state index < -0.39 is 24.2 Å². The first-order valence-corrected chi connectivity index (χ1v) is 5.19. The lowest BCUT2D eigenvalue weighted by Gasteiger charge is -2.13. The highest BCUT2D eigenvalue weighted by atomic mass is 35.5. The minimum Gasteiger partial charge on any atom is -0.480 e. The van der Waals surface area contributed by atoms with Crippen molar-refractivity contribution in [2.75, 3.05) is 5.88 Å². The van der Waals surface area contributed by atoms with Crippen molar-refractivity contribution >= 4 is 17.6 Å². The number of aliphatic carboxylic acids is 1. The Morgan fingerprint density at radius 3 is 2.75 bits per heavy atom. The Morgan fingerprint density at radius 2 is 2.25 bits per heavy atom. The fourth-order valence-corrected chi connectivity index (χ4v) is 1.31. The molecule has 90 valence electrons. The number of carboxylic acids is 1. The first kappa shape index (κ1) is 13.0. The lowest BCUT2D eigenvalue weighted by Crippen LogP contribution is -2.19. The Morgan fingerprint density at radius 1 is 1.62 bits per heavy atom. The van der Waals surface area contributed by atoms with Crippen LogP contribution in [0.4, 0.5) is 0 Å². The molecule has 7 heteroatoms. The first-order chi connectivity index (χ1) is 7.47. The molecule has 2 unspecified atom stereocenters. The van der Waals surface area contributed by atoms with Crippen LogP contribution in [-0.2, 0) is 4.79 Å². The zero-order valence-electron chi connectivity index (χ0n) is 8.62. The van der Waals surface area contributed by atoms with Crippen molar-refractivity contribution in [3.63, 3.8) is 0 Å². The van der Waals surface area contributed by atoms with E-state index in [1.807, 2.05) is 0 Å². The van der Waals surface area contributed by atoms with Gasteiger partial charge >= 0.3 is 5.97 Å². The highest BCUT2D eigenvalue weighted by Gasteiger charge is 2.21. The van der Waals surface area contributed by atoms with Gasteiger partial charge in [-0.15, -0.1) is 11.6 Å². The van der Waals surface area contributed by atoms with E-state index >= 15 is 0 Å². The Balaban J connectivity index is 2.82. The third kappa shape index (κ3) is 2.72. The van der Waals surface area contributed by atoms with Crippen molar-refractivity contribution in [2.45, 2.75) is 25.2 Å². The number of carbonyl (C=O) groups is 1. The predicted octanol–water partition coefficient (Wildman–Crippen LogP) is 0.162. The largest absolute Gasteiger partial charge is 0.480 e. The van der Waals surface area contributed by atoms with Gasteiger partial charge in [-0.05, 0) is 6.92 Å². The number of nitrogens with zero attached hydrogens (tertiary/aromatic N) is 2. The van der Waals surface area contributed by atoms with Crippen molar-refractivity contribution in [3.8, 4) is 0 Å². The van der Waals surface area contributed by atoms with E-state index in [-0.39, 0.29) is 5.88 Å². The van der Waals surface area contributed by atoms with E-state index in [1.165, 1.54) is 24.0 Å². The van der Waals surface area contributed by atoms with Crippen LogP contribution in [0.5, 0.6) is 0 Å². The molecular weight excluding hydrogens is 236 g/mol. The molecule has 3 atom stereocenters. The second-order valence-corrected chi connectivity index (χ2v) is 3.74. The number of hydrogen-bond donors (Lipinski definition) is 3. The molecule has 1 heterocycles.